The van der Waals surface area contributed by atoms with Crippen molar-refractivity contribution in [1.29, 1.82) is 0 Å². The van der Waals surface area contributed by atoms with Crippen LogP contribution in [0.25, 0.3) is 11.0 Å². The number of aliphatic hydroxyl groups is 1. The number of anilines is 1. The van der Waals surface area contributed by atoms with Crippen molar-refractivity contribution in [2.24, 2.45) is 0 Å². The van der Waals surface area contributed by atoms with E-state index in [-0.39, 0.29) is 18.1 Å². The number of nitrogens with zero attached hydrogens (tertiary/aromatic N) is 2. The molecule has 0 aliphatic rings. The minimum atomic E-state index is -0.165. The smallest absolute Gasteiger partial charge is 0.262 e. The standard InChI is InChI=1S/C15H16N4O2/c16-13-6-12-14(18-13)17-9-19(15(12)21)7-11(8-20)10-4-2-1-3-5-10/h1-6,9,11,18,20H,7-8,16H2. The summed E-state index contributed by atoms with van der Waals surface area (Å²) in [7, 11) is 0. The topological polar surface area (TPSA) is 96.9 Å². The molecular formula is C15H16N4O2. The van der Waals surface area contributed by atoms with Gasteiger partial charge in [0.2, 0.25) is 0 Å². The van der Waals surface area contributed by atoms with Crippen molar-refractivity contribution in [3.8, 4) is 0 Å². The van der Waals surface area contributed by atoms with Gasteiger partial charge in [0.25, 0.3) is 5.56 Å². The van der Waals surface area contributed by atoms with E-state index in [2.05, 4.69) is 9.97 Å². The summed E-state index contributed by atoms with van der Waals surface area (Å²) < 4.78 is 1.50. The second-order valence-electron chi connectivity index (χ2n) is 4.98. The van der Waals surface area contributed by atoms with E-state index in [0.717, 1.165) is 5.56 Å². The summed E-state index contributed by atoms with van der Waals surface area (Å²) >= 11 is 0. The largest absolute Gasteiger partial charge is 0.396 e. The van der Waals surface area contributed by atoms with Gasteiger partial charge in [-0.1, -0.05) is 30.3 Å². The molecule has 3 aromatic rings. The van der Waals surface area contributed by atoms with E-state index in [4.69, 9.17) is 5.73 Å². The van der Waals surface area contributed by atoms with E-state index in [0.29, 0.717) is 23.4 Å². The number of fused-ring (bicyclic) bond motifs is 1. The number of aromatic amines is 1. The van der Waals surface area contributed by atoms with Crippen LogP contribution in [0, 0.1) is 0 Å². The molecule has 6 nitrogen and oxygen atoms in total. The fraction of sp³-hybridized carbons (Fsp3) is 0.200. The predicted octanol–water partition coefficient (Wildman–Crippen LogP) is 1.08. The van der Waals surface area contributed by atoms with Gasteiger partial charge in [0.05, 0.1) is 18.3 Å². The Labute approximate surface area is 120 Å². The minimum absolute atomic E-state index is 0.0379. The first-order valence-electron chi connectivity index (χ1n) is 6.68. The zero-order chi connectivity index (χ0) is 14.8. The van der Waals surface area contributed by atoms with Gasteiger partial charge in [0.15, 0.2) is 0 Å². The Kier molecular flexibility index (Phi) is 3.45. The number of aromatic nitrogens is 3. The first-order valence-corrected chi connectivity index (χ1v) is 6.68. The first-order chi connectivity index (χ1) is 10.2. The van der Waals surface area contributed by atoms with Gasteiger partial charge >= 0.3 is 0 Å². The molecule has 0 saturated carbocycles. The van der Waals surface area contributed by atoms with Gasteiger partial charge in [-0.05, 0) is 11.6 Å². The fourth-order valence-corrected chi connectivity index (χ4v) is 2.42. The van der Waals surface area contributed by atoms with Crippen molar-refractivity contribution < 1.29 is 5.11 Å². The molecule has 1 aromatic carbocycles. The second-order valence-corrected chi connectivity index (χ2v) is 4.98. The number of hydrogen-bond acceptors (Lipinski definition) is 4. The van der Waals surface area contributed by atoms with Gasteiger partial charge in [-0.25, -0.2) is 4.98 Å². The van der Waals surface area contributed by atoms with Crippen molar-refractivity contribution in [3.63, 3.8) is 0 Å². The zero-order valence-corrected chi connectivity index (χ0v) is 11.4. The molecule has 1 atom stereocenters. The molecule has 0 amide bonds. The monoisotopic (exact) mass is 284 g/mol. The lowest BCUT2D eigenvalue weighted by Crippen LogP contribution is -2.24. The molecule has 0 radical (unpaired) electrons. The molecule has 4 N–H and O–H groups in total. The van der Waals surface area contributed by atoms with Crippen molar-refractivity contribution in [2.45, 2.75) is 12.5 Å². The lowest BCUT2D eigenvalue weighted by atomic mass is 10.00. The highest BCUT2D eigenvalue weighted by Gasteiger charge is 2.14. The van der Waals surface area contributed by atoms with E-state index in [1.54, 1.807) is 6.07 Å². The molecule has 6 heteroatoms. The summed E-state index contributed by atoms with van der Waals surface area (Å²) in [6, 6.07) is 11.2. The maximum atomic E-state index is 12.4. The van der Waals surface area contributed by atoms with E-state index in [1.807, 2.05) is 30.3 Å². The van der Waals surface area contributed by atoms with Crippen LogP contribution in [-0.4, -0.2) is 26.2 Å². The second kappa shape index (κ2) is 5.41. The van der Waals surface area contributed by atoms with E-state index >= 15 is 0 Å². The molecule has 0 fully saturated rings. The maximum Gasteiger partial charge on any atom is 0.262 e. The third-order valence-corrected chi connectivity index (χ3v) is 3.54. The normalized spacial score (nSPS) is 12.6. The summed E-state index contributed by atoms with van der Waals surface area (Å²) in [5, 5.41) is 10.0. The van der Waals surface area contributed by atoms with Crippen LogP contribution in [0.15, 0.2) is 47.5 Å². The number of nitrogens with one attached hydrogen (secondary N) is 1. The Morgan fingerprint density at radius 1 is 1.33 bits per heavy atom. The Morgan fingerprint density at radius 2 is 2.10 bits per heavy atom. The van der Waals surface area contributed by atoms with E-state index in [9.17, 15) is 9.90 Å². The number of nitrogens with two attached hydrogens (primary N) is 1. The molecule has 0 aliphatic carbocycles. The summed E-state index contributed by atoms with van der Waals surface area (Å²) in [5.41, 5.74) is 6.95. The molecule has 1 unspecified atom stereocenters. The lowest BCUT2D eigenvalue weighted by Gasteiger charge is -2.15. The highest BCUT2D eigenvalue weighted by atomic mass is 16.3. The number of hydrogen-bond donors (Lipinski definition) is 3. The Balaban J connectivity index is 1.97. The van der Waals surface area contributed by atoms with Crippen LogP contribution in [-0.2, 0) is 6.54 Å². The number of benzene rings is 1. The van der Waals surface area contributed by atoms with Crippen LogP contribution in [0.4, 0.5) is 5.82 Å². The summed E-state index contributed by atoms with van der Waals surface area (Å²) in [4.78, 5) is 19.4. The third-order valence-electron chi connectivity index (χ3n) is 3.54. The van der Waals surface area contributed by atoms with Crippen molar-refractivity contribution in [1.82, 2.24) is 14.5 Å². The molecule has 0 aliphatic heterocycles. The van der Waals surface area contributed by atoms with Gasteiger partial charge in [0.1, 0.15) is 11.5 Å². The van der Waals surface area contributed by atoms with Gasteiger partial charge in [-0.15, -0.1) is 0 Å². The van der Waals surface area contributed by atoms with Crippen molar-refractivity contribution in [3.05, 3.63) is 58.6 Å². The molecule has 0 bridgehead atoms. The van der Waals surface area contributed by atoms with Crippen LogP contribution < -0.4 is 11.3 Å². The SMILES string of the molecule is Nc1cc2c(=O)n(CC(CO)c3ccccc3)cnc2[nH]1. The highest BCUT2D eigenvalue weighted by Crippen LogP contribution is 2.17. The quantitative estimate of drug-likeness (QED) is 0.668. The number of rotatable bonds is 4. The molecule has 3 rings (SSSR count). The van der Waals surface area contributed by atoms with Gasteiger partial charge < -0.3 is 15.8 Å². The van der Waals surface area contributed by atoms with Gasteiger partial charge in [0, 0.05) is 12.5 Å². The molecule has 2 aromatic heterocycles. The Bertz CT molecular complexity index is 807. The Hall–Kier alpha value is -2.60. The third kappa shape index (κ3) is 2.53. The van der Waals surface area contributed by atoms with Crippen molar-refractivity contribution >= 4 is 16.9 Å². The molecule has 21 heavy (non-hydrogen) atoms. The summed E-state index contributed by atoms with van der Waals surface area (Å²) in [6.07, 6.45) is 1.48. The van der Waals surface area contributed by atoms with Crippen molar-refractivity contribution in [2.75, 3.05) is 12.3 Å². The molecule has 2 heterocycles. The highest BCUT2D eigenvalue weighted by molar-refractivity contribution is 5.78. The lowest BCUT2D eigenvalue weighted by molar-refractivity contribution is 0.252. The molecule has 0 saturated heterocycles. The van der Waals surface area contributed by atoms with Gasteiger partial charge in [-0.3, -0.25) is 9.36 Å². The molecular weight excluding hydrogens is 268 g/mol. The average molecular weight is 284 g/mol. The predicted molar refractivity (Wildman–Crippen MR) is 81.0 cm³/mol. The number of aliphatic hydroxyl groups excluding tert-OH is 1. The molecule has 0 spiro atoms. The minimum Gasteiger partial charge on any atom is -0.396 e. The van der Waals surface area contributed by atoms with Crippen LogP contribution in [0.3, 0.4) is 0 Å². The van der Waals surface area contributed by atoms with E-state index < -0.39 is 0 Å². The fourth-order valence-electron chi connectivity index (χ4n) is 2.42. The number of H-pyrrole nitrogens is 1. The van der Waals surface area contributed by atoms with Crippen LogP contribution in [0.5, 0.6) is 0 Å². The van der Waals surface area contributed by atoms with E-state index in [1.165, 1.54) is 10.9 Å². The summed E-state index contributed by atoms with van der Waals surface area (Å²) in [5.74, 6) is 0.258. The molecule has 108 valence electrons. The van der Waals surface area contributed by atoms with Crippen LogP contribution >= 0.6 is 0 Å². The van der Waals surface area contributed by atoms with Gasteiger partial charge in [-0.2, -0.15) is 0 Å². The zero-order valence-electron chi connectivity index (χ0n) is 11.4. The number of nitrogen functional groups attached to an aromatic ring is 1. The van der Waals surface area contributed by atoms with Crippen LogP contribution in [0.2, 0.25) is 0 Å². The maximum absolute atomic E-state index is 12.4. The van der Waals surface area contributed by atoms with Crippen LogP contribution in [0.1, 0.15) is 11.5 Å². The summed E-state index contributed by atoms with van der Waals surface area (Å²) in [6.45, 7) is 0.330. The average Bonchev–Trinajstić information content (AvgIpc) is 2.89. The first kappa shape index (κ1) is 13.4. The Morgan fingerprint density at radius 3 is 2.81 bits per heavy atom.